The number of carbonyl (C=O) groups is 2. The molecule has 0 aliphatic carbocycles. The quantitative estimate of drug-likeness (QED) is 0.664. The van der Waals surface area contributed by atoms with Crippen molar-refractivity contribution in [3.63, 3.8) is 0 Å². The fourth-order valence-corrected chi connectivity index (χ4v) is 1.58. The second-order valence-corrected chi connectivity index (χ2v) is 4.39. The predicted molar refractivity (Wildman–Crippen MR) is 71.4 cm³/mol. The molecular formula is C12H12ClN3O4. The van der Waals surface area contributed by atoms with Crippen molar-refractivity contribution in [2.24, 2.45) is 0 Å². The maximum absolute atomic E-state index is 11.7. The van der Waals surface area contributed by atoms with Gasteiger partial charge in [0.25, 0.3) is 0 Å². The van der Waals surface area contributed by atoms with E-state index in [1.165, 1.54) is 25.1 Å². The molecule has 8 heteroatoms. The maximum Gasteiger partial charge on any atom is 0.328 e. The highest BCUT2D eigenvalue weighted by Crippen LogP contribution is 2.20. The number of hydrogen-bond donors (Lipinski definition) is 4. The number of urea groups is 1. The third kappa shape index (κ3) is 4.12. The number of nitriles is 1. The van der Waals surface area contributed by atoms with Crippen molar-refractivity contribution < 1.29 is 19.8 Å². The number of carbonyl (C=O) groups excluding carboxylic acids is 1. The van der Waals surface area contributed by atoms with Crippen LogP contribution in [-0.2, 0) is 4.79 Å². The van der Waals surface area contributed by atoms with E-state index in [0.717, 1.165) is 0 Å². The van der Waals surface area contributed by atoms with Crippen molar-refractivity contribution in [2.45, 2.75) is 19.1 Å². The molecule has 0 bridgehead atoms. The predicted octanol–water partition coefficient (Wildman–Crippen LogP) is 1.17. The molecule has 7 nitrogen and oxygen atoms in total. The van der Waals surface area contributed by atoms with Crippen molar-refractivity contribution in [1.82, 2.24) is 5.32 Å². The van der Waals surface area contributed by atoms with E-state index in [1.54, 1.807) is 0 Å². The molecule has 0 aromatic heterocycles. The average Bonchev–Trinajstić information content (AvgIpc) is 2.35. The highest BCUT2D eigenvalue weighted by molar-refractivity contribution is 6.31. The Labute approximate surface area is 119 Å². The average molecular weight is 298 g/mol. The Hall–Kier alpha value is -2.30. The van der Waals surface area contributed by atoms with Gasteiger partial charge in [-0.15, -0.1) is 0 Å². The van der Waals surface area contributed by atoms with E-state index in [2.05, 4.69) is 10.6 Å². The number of amides is 2. The molecule has 0 saturated carbocycles. The Morgan fingerprint density at radius 2 is 2.10 bits per heavy atom. The Bertz CT molecular complexity index is 568. The summed E-state index contributed by atoms with van der Waals surface area (Å²) in [6.45, 7) is 1.24. The molecule has 0 fully saturated rings. The fraction of sp³-hybridized carbons (Fsp3) is 0.250. The number of halogens is 1. The number of carboxylic acid groups (broad SMARTS) is 1. The highest BCUT2D eigenvalue weighted by Gasteiger charge is 2.25. The largest absolute Gasteiger partial charge is 0.480 e. The number of anilines is 1. The fourth-order valence-electron chi connectivity index (χ4n) is 1.41. The van der Waals surface area contributed by atoms with E-state index in [-0.39, 0.29) is 11.3 Å². The Morgan fingerprint density at radius 1 is 1.45 bits per heavy atom. The molecule has 4 N–H and O–H groups in total. The van der Waals surface area contributed by atoms with Crippen LogP contribution in [0.2, 0.25) is 5.02 Å². The van der Waals surface area contributed by atoms with Crippen LogP contribution in [0, 0.1) is 11.3 Å². The van der Waals surface area contributed by atoms with Gasteiger partial charge >= 0.3 is 12.0 Å². The molecule has 0 aliphatic heterocycles. The normalized spacial score (nSPS) is 12.9. The number of aliphatic hydroxyl groups is 1. The first-order valence-electron chi connectivity index (χ1n) is 5.53. The highest BCUT2D eigenvalue weighted by atomic mass is 35.5. The molecule has 1 rings (SSSR count). The van der Waals surface area contributed by atoms with Crippen LogP contribution in [-0.4, -0.2) is 34.4 Å². The zero-order valence-corrected chi connectivity index (χ0v) is 11.2. The number of nitrogens with one attached hydrogen (secondary N) is 2. The molecule has 0 saturated heterocycles. The second-order valence-electron chi connectivity index (χ2n) is 3.96. The van der Waals surface area contributed by atoms with Crippen molar-refractivity contribution in [2.75, 3.05) is 5.32 Å². The monoisotopic (exact) mass is 297 g/mol. The van der Waals surface area contributed by atoms with Gasteiger partial charge in [0.1, 0.15) is 6.07 Å². The number of hydrogen-bond acceptors (Lipinski definition) is 4. The molecule has 1 aromatic rings. The number of benzene rings is 1. The summed E-state index contributed by atoms with van der Waals surface area (Å²) >= 11 is 5.75. The number of carboxylic acids is 1. The van der Waals surface area contributed by atoms with Crippen molar-refractivity contribution in [3.8, 4) is 6.07 Å². The van der Waals surface area contributed by atoms with Crippen molar-refractivity contribution >= 4 is 29.3 Å². The minimum atomic E-state index is -1.46. The lowest BCUT2D eigenvalue weighted by Crippen LogP contribution is -2.49. The summed E-state index contributed by atoms with van der Waals surface area (Å²) < 4.78 is 0. The first-order valence-corrected chi connectivity index (χ1v) is 5.91. The van der Waals surface area contributed by atoms with Crippen molar-refractivity contribution in [1.29, 1.82) is 5.26 Å². The van der Waals surface area contributed by atoms with Crippen LogP contribution in [0.4, 0.5) is 10.5 Å². The SMILES string of the molecule is C[C@@H](O)[C@H](NC(=O)Nc1cc(Cl)ccc1C#N)C(=O)O. The van der Waals surface area contributed by atoms with Crippen molar-refractivity contribution in [3.05, 3.63) is 28.8 Å². The van der Waals surface area contributed by atoms with E-state index in [4.69, 9.17) is 22.0 Å². The molecule has 0 heterocycles. The van der Waals surface area contributed by atoms with Gasteiger partial charge in [0.2, 0.25) is 0 Å². The van der Waals surface area contributed by atoms with Gasteiger partial charge in [0, 0.05) is 5.02 Å². The third-order valence-corrected chi connectivity index (χ3v) is 2.62. The number of aliphatic hydroxyl groups excluding tert-OH is 1. The molecule has 20 heavy (non-hydrogen) atoms. The Balaban J connectivity index is 2.84. The van der Waals surface area contributed by atoms with Crippen LogP contribution in [0.15, 0.2) is 18.2 Å². The molecule has 1 aromatic carbocycles. The molecule has 0 spiro atoms. The van der Waals surface area contributed by atoms with Gasteiger partial charge in [-0.25, -0.2) is 9.59 Å². The Morgan fingerprint density at radius 3 is 2.60 bits per heavy atom. The van der Waals surface area contributed by atoms with Crippen LogP contribution in [0.1, 0.15) is 12.5 Å². The summed E-state index contributed by atoms with van der Waals surface area (Å²) in [6, 6.07) is 3.80. The molecule has 106 valence electrons. The lowest BCUT2D eigenvalue weighted by molar-refractivity contribution is -0.141. The Kier molecular flexibility index (Phi) is 5.32. The first kappa shape index (κ1) is 15.8. The lowest BCUT2D eigenvalue weighted by atomic mass is 10.2. The molecule has 2 atom stereocenters. The summed E-state index contributed by atoms with van der Waals surface area (Å²) in [5, 5.41) is 31.7. The van der Waals surface area contributed by atoms with Gasteiger partial charge in [-0.05, 0) is 25.1 Å². The van der Waals surface area contributed by atoms with E-state index >= 15 is 0 Å². The van der Waals surface area contributed by atoms with E-state index in [1.807, 2.05) is 6.07 Å². The van der Waals surface area contributed by atoms with Gasteiger partial charge in [0.05, 0.1) is 17.4 Å². The zero-order chi connectivity index (χ0) is 15.3. The third-order valence-electron chi connectivity index (χ3n) is 2.39. The summed E-state index contributed by atoms with van der Waals surface area (Å²) in [7, 11) is 0. The molecule has 0 radical (unpaired) electrons. The standard InChI is InChI=1S/C12H12ClN3O4/c1-6(17)10(11(18)19)16-12(20)15-9-4-8(13)3-2-7(9)5-14/h2-4,6,10,17H,1H3,(H,18,19)(H2,15,16,20)/t6-,10+/m1/s1. The van der Waals surface area contributed by atoms with Crippen LogP contribution < -0.4 is 10.6 Å². The summed E-state index contributed by atoms with van der Waals surface area (Å²) in [5.41, 5.74) is 0.320. The van der Waals surface area contributed by atoms with Crippen LogP contribution in [0.3, 0.4) is 0 Å². The number of nitrogens with zero attached hydrogens (tertiary/aromatic N) is 1. The van der Waals surface area contributed by atoms with E-state index < -0.39 is 24.1 Å². The summed E-state index contributed by atoms with van der Waals surface area (Å²) in [4.78, 5) is 22.5. The van der Waals surface area contributed by atoms with Gasteiger partial charge in [-0.2, -0.15) is 5.26 Å². The minimum Gasteiger partial charge on any atom is -0.480 e. The second kappa shape index (κ2) is 6.75. The van der Waals surface area contributed by atoms with Gasteiger partial charge in [-0.1, -0.05) is 11.6 Å². The van der Waals surface area contributed by atoms with Crippen LogP contribution >= 0.6 is 11.6 Å². The molecule has 0 aliphatic rings. The van der Waals surface area contributed by atoms with Crippen LogP contribution in [0.25, 0.3) is 0 Å². The summed E-state index contributed by atoms with van der Waals surface area (Å²) in [5.74, 6) is -1.37. The maximum atomic E-state index is 11.7. The van der Waals surface area contributed by atoms with Gasteiger partial charge in [0.15, 0.2) is 6.04 Å². The molecule has 0 unspecified atom stereocenters. The lowest BCUT2D eigenvalue weighted by Gasteiger charge is -2.17. The topological polar surface area (TPSA) is 122 Å². The summed E-state index contributed by atoms with van der Waals surface area (Å²) in [6.07, 6.45) is -1.27. The van der Waals surface area contributed by atoms with E-state index in [9.17, 15) is 14.7 Å². The smallest absolute Gasteiger partial charge is 0.328 e. The van der Waals surface area contributed by atoms with Gasteiger partial charge in [-0.3, -0.25) is 0 Å². The minimum absolute atomic E-state index is 0.146. The number of rotatable bonds is 4. The molecule has 2 amide bonds. The number of aliphatic carboxylic acids is 1. The zero-order valence-electron chi connectivity index (χ0n) is 10.4. The molecular weight excluding hydrogens is 286 g/mol. The van der Waals surface area contributed by atoms with E-state index in [0.29, 0.717) is 5.02 Å². The first-order chi connectivity index (χ1) is 9.35. The van der Waals surface area contributed by atoms with Gasteiger partial charge < -0.3 is 20.8 Å². The van der Waals surface area contributed by atoms with Crippen LogP contribution in [0.5, 0.6) is 0 Å².